The van der Waals surface area contributed by atoms with Crippen molar-refractivity contribution >= 4 is 35.1 Å². The molecule has 5 rings (SSSR count). The predicted octanol–water partition coefficient (Wildman–Crippen LogP) is 4.40. The van der Waals surface area contributed by atoms with Crippen molar-refractivity contribution in [1.82, 2.24) is 9.55 Å². The Morgan fingerprint density at radius 3 is 2.78 bits per heavy atom. The number of rotatable bonds is 5. The Morgan fingerprint density at radius 1 is 1.16 bits per heavy atom. The number of aromatic nitrogens is 2. The van der Waals surface area contributed by atoms with Gasteiger partial charge in [0.1, 0.15) is 0 Å². The smallest absolute Gasteiger partial charge is 0.268 e. The lowest BCUT2D eigenvalue weighted by atomic mass is 10.0. The Bertz CT molecular complexity index is 1210. The van der Waals surface area contributed by atoms with E-state index in [1.54, 1.807) is 16.3 Å². The van der Waals surface area contributed by atoms with Crippen molar-refractivity contribution < 1.29 is 4.79 Å². The minimum atomic E-state index is 0.00599. The molecule has 1 amide bonds. The van der Waals surface area contributed by atoms with E-state index in [0.29, 0.717) is 17.0 Å². The summed E-state index contributed by atoms with van der Waals surface area (Å²) in [7, 11) is 0. The van der Waals surface area contributed by atoms with E-state index in [2.05, 4.69) is 13.0 Å². The van der Waals surface area contributed by atoms with Crippen molar-refractivity contribution in [3.05, 3.63) is 81.8 Å². The fourth-order valence-corrected chi connectivity index (χ4v) is 6.35. The van der Waals surface area contributed by atoms with Gasteiger partial charge in [0.05, 0.1) is 22.9 Å². The van der Waals surface area contributed by atoms with Gasteiger partial charge >= 0.3 is 0 Å². The van der Waals surface area contributed by atoms with Crippen molar-refractivity contribution in [3.8, 4) is 0 Å². The molecule has 7 heteroatoms. The molecule has 3 heterocycles. The van der Waals surface area contributed by atoms with Crippen molar-refractivity contribution in [2.24, 2.45) is 0 Å². The van der Waals surface area contributed by atoms with E-state index in [0.717, 1.165) is 47.6 Å². The van der Waals surface area contributed by atoms with Crippen LogP contribution in [0.2, 0.25) is 0 Å². The zero-order valence-electron chi connectivity index (χ0n) is 18.0. The van der Waals surface area contributed by atoms with Gasteiger partial charge in [-0.05, 0) is 30.0 Å². The maximum atomic E-state index is 13.3. The van der Waals surface area contributed by atoms with Gasteiger partial charge in [-0.3, -0.25) is 14.2 Å². The van der Waals surface area contributed by atoms with Crippen LogP contribution >= 0.6 is 23.5 Å². The van der Waals surface area contributed by atoms with Gasteiger partial charge in [-0.1, -0.05) is 67.2 Å². The zero-order valence-corrected chi connectivity index (χ0v) is 19.6. The van der Waals surface area contributed by atoms with Crippen LogP contribution in [0, 0.1) is 0 Å². The number of para-hydroxylation sites is 1. The Morgan fingerprint density at radius 2 is 1.94 bits per heavy atom. The monoisotopic (exact) mass is 463 g/mol. The summed E-state index contributed by atoms with van der Waals surface area (Å²) in [6.45, 7) is 3.31. The molecule has 0 radical (unpaired) electrons. The lowest BCUT2D eigenvalue weighted by molar-refractivity contribution is -0.116. The summed E-state index contributed by atoms with van der Waals surface area (Å²) in [4.78, 5) is 34.0. The molecule has 0 N–H and O–H groups in total. The summed E-state index contributed by atoms with van der Waals surface area (Å²) >= 11 is 2.99. The van der Waals surface area contributed by atoms with Crippen LogP contribution in [0.25, 0.3) is 0 Å². The third-order valence-electron chi connectivity index (χ3n) is 5.88. The summed E-state index contributed by atoms with van der Waals surface area (Å²) in [6, 6.07) is 18.1. The number of nitrogens with zero attached hydrogens (tertiary/aromatic N) is 3. The minimum Gasteiger partial charge on any atom is -0.311 e. The molecule has 0 saturated heterocycles. The van der Waals surface area contributed by atoms with Gasteiger partial charge in [-0.25, -0.2) is 4.98 Å². The quantitative estimate of drug-likeness (QED) is 0.415. The van der Waals surface area contributed by atoms with E-state index in [1.165, 1.54) is 17.3 Å². The molecule has 1 atom stereocenters. The molecule has 0 spiro atoms. The van der Waals surface area contributed by atoms with Crippen LogP contribution < -0.4 is 10.5 Å². The number of benzene rings is 2. The Hall–Kier alpha value is -2.51. The van der Waals surface area contributed by atoms with Gasteiger partial charge < -0.3 is 4.90 Å². The largest absolute Gasteiger partial charge is 0.311 e. The van der Waals surface area contributed by atoms with Crippen LogP contribution in [-0.4, -0.2) is 33.0 Å². The molecule has 32 heavy (non-hydrogen) atoms. The minimum absolute atomic E-state index is 0.00599. The Kier molecular flexibility index (Phi) is 6.11. The average Bonchev–Trinajstić information content (AvgIpc) is 3.20. The van der Waals surface area contributed by atoms with Gasteiger partial charge in [-0.2, -0.15) is 0 Å². The van der Waals surface area contributed by atoms with Crippen molar-refractivity contribution in [2.75, 3.05) is 17.2 Å². The van der Waals surface area contributed by atoms with Crippen molar-refractivity contribution in [2.45, 2.75) is 48.0 Å². The molecule has 2 aliphatic heterocycles. The molecular weight excluding hydrogens is 438 g/mol. The Labute approximate surface area is 196 Å². The summed E-state index contributed by atoms with van der Waals surface area (Å²) in [5.41, 5.74) is 4.16. The maximum Gasteiger partial charge on any atom is 0.268 e. The first kappa shape index (κ1) is 21.3. The fourth-order valence-electron chi connectivity index (χ4n) is 4.34. The standard InChI is InChI=1S/C25H25N3O2S2/c1-17-14-20-23(32-17)24(30)28(15-18-8-3-2-4-9-18)25(26-20)31-16-22(29)27-13-7-11-19-10-5-6-12-21(19)27/h2-6,8-10,12,17H,7,11,13-16H2,1H3/t17-/m0/s1. The van der Waals surface area contributed by atoms with E-state index >= 15 is 0 Å². The number of carbonyl (C=O) groups excluding carboxylic acids is 1. The number of fused-ring (bicyclic) bond motifs is 2. The van der Waals surface area contributed by atoms with Gasteiger partial charge in [0, 0.05) is 23.9 Å². The third kappa shape index (κ3) is 4.24. The van der Waals surface area contributed by atoms with Crippen LogP contribution in [0.3, 0.4) is 0 Å². The van der Waals surface area contributed by atoms with E-state index in [1.807, 2.05) is 53.4 Å². The van der Waals surface area contributed by atoms with Gasteiger partial charge in [0.25, 0.3) is 5.56 Å². The van der Waals surface area contributed by atoms with Crippen LogP contribution in [-0.2, 0) is 24.2 Å². The van der Waals surface area contributed by atoms with E-state index in [-0.39, 0.29) is 17.2 Å². The molecule has 0 aliphatic carbocycles. The highest BCUT2D eigenvalue weighted by Crippen LogP contribution is 2.34. The fraction of sp³-hybridized carbons (Fsp3) is 0.320. The predicted molar refractivity (Wildman–Crippen MR) is 131 cm³/mol. The van der Waals surface area contributed by atoms with E-state index in [9.17, 15) is 9.59 Å². The van der Waals surface area contributed by atoms with Crippen molar-refractivity contribution in [3.63, 3.8) is 0 Å². The first-order valence-corrected chi connectivity index (χ1v) is 12.8. The summed E-state index contributed by atoms with van der Waals surface area (Å²) in [5, 5.41) is 0.980. The van der Waals surface area contributed by atoms with E-state index < -0.39 is 0 Å². The summed E-state index contributed by atoms with van der Waals surface area (Å²) in [5.74, 6) is 0.322. The number of amides is 1. The molecule has 2 aliphatic rings. The molecule has 0 bridgehead atoms. The molecule has 5 nitrogen and oxygen atoms in total. The molecule has 1 aromatic heterocycles. The molecule has 3 aromatic rings. The first-order valence-electron chi connectivity index (χ1n) is 11.0. The normalized spacial score (nSPS) is 17.2. The summed E-state index contributed by atoms with van der Waals surface area (Å²) < 4.78 is 1.74. The molecule has 2 aromatic carbocycles. The van der Waals surface area contributed by atoms with Gasteiger partial charge in [0.15, 0.2) is 5.16 Å². The molecule has 0 saturated carbocycles. The Balaban J connectivity index is 1.42. The lowest BCUT2D eigenvalue weighted by Crippen LogP contribution is -2.37. The maximum absolute atomic E-state index is 13.3. The second kappa shape index (κ2) is 9.16. The van der Waals surface area contributed by atoms with Crippen LogP contribution in [0.1, 0.15) is 30.2 Å². The average molecular weight is 464 g/mol. The highest BCUT2D eigenvalue weighted by Gasteiger charge is 2.27. The highest BCUT2D eigenvalue weighted by molar-refractivity contribution is 8.00. The number of thioether (sulfide) groups is 2. The number of anilines is 1. The van der Waals surface area contributed by atoms with E-state index in [4.69, 9.17) is 4.98 Å². The van der Waals surface area contributed by atoms with Crippen LogP contribution in [0.5, 0.6) is 0 Å². The number of hydrogen-bond donors (Lipinski definition) is 0. The molecule has 0 unspecified atom stereocenters. The second-order valence-corrected chi connectivity index (χ2v) is 10.6. The van der Waals surface area contributed by atoms with Gasteiger partial charge in [0.2, 0.25) is 5.91 Å². The summed E-state index contributed by atoms with van der Waals surface area (Å²) in [6.07, 6.45) is 2.77. The number of hydrogen-bond acceptors (Lipinski definition) is 5. The molecule has 164 valence electrons. The zero-order chi connectivity index (χ0) is 22.1. The lowest BCUT2D eigenvalue weighted by Gasteiger charge is -2.29. The van der Waals surface area contributed by atoms with Crippen LogP contribution in [0.4, 0.5) is 5.69 Å². The van der Waals surface area contributed by atoms with Gasteiger partial charge in [-0.15, -0.1) is 11.8 Å². The molecule has 0 fully saturated rings. The first-order chi connectivity index (χ1) is 15.6. The third-order valence-corrected chi connectivity index (χ3v) is 8.06. The topological polar surface area (TPSA) is 55.2 Å². The number of aryl methyl sites for hydroxylation is 1. The number of carbonyl (C=O) groups is 1. The van der Waals surface area contributed by atoms with Crippen molar-refractivity contribution in [1.29, 1.82) is 0 Å². The molecular formula is C25H25N3O2S2. The second-order valence-electron chi connectivity index (χ2n) is 8.25. The van der Waals surface area contributed by atoms with Crippen LogP contribution in [0.15, 0.2) is 69.4 Å². The SMILES string of the molecule is C[C@H]1Cc2nc(SCC(=O)N3CCCc4ccccc43)n(Cc3ccccc3)c(=O)c2S1. The highest BCUT2D eigenvalue weighted by atomic mass is 32.2.